The lowest BCUT2D eigenvalue weighted by Gasteiger charge is -2.33. The van der Waals surface area contributed by atoms with Gasteiger partial charge in [-0.15, -0.1) is 0 Å². The van der Waals surface area contributed by atoms with Crippen molar-refractivity contribution in [3.05, 3.63) is 59.2 Å². The third-order valence-corrected chi connectivity index (χ3v) is 5.93. The van der Waals surface area contributed by atoms with E-state index in [2.05, 4.69) is 41.1 Å². The van der Waals surface area contributed by atoms with Crippen LogP contribution < -0.4 is 15.0 Å². The van der Waals surface area contributed by atoms with Crippen molar-refractivity contribution in [2.24, 2.45) is 5.92 Å². The van der Waals surface area contributed by atoms with Crippen LogP contribution in [0.4, 0.5) is 5.69 Å². The van der Waals surface area contributed by atoms with Crippen molar-refractivity contribution in [1.82, 2.24) is 5.32 Å². The number of nitrogens with one attached hydrogen (secondary N) is 1. The van der Waals surface area contributed by atoms with Crippen molar-refractivity contribution >= 4 is 11.6 Å². The molecule has 0 spiro atoms. The zero-order valence-corrected chi connectivity index (χ0v) is 19.5. The average Bonchev–Trinajstić information content (AvgIpc) is 2.84. The Morgan fingerprint density at radius 1 is 1.21 bits per heavy atom. The zero-order valence-electron chi connectivity index (χ0n) is 24.5. The van der Waals surface area contributed by atoms with Gasteiger partial charge in [0.15, 0.2) is 0 Å². The Bertz CT molecular complexity index is 1070. The summed E-state index contributed by atoms with van der Waals surface area (Å²) < 4.78 is 43.1. The predicted molar refractivity (Wildman–Crippen MR) is 132 cm³/mol. The Morgan fingerprint density at radius 3 is 2.73 bits per heavy atom. The molecule has 3 rings (SSSR count). The van der Waals surface area contributed by atoms with Crippen molar-refractivity contribution in [1.29, 1.82) is 0 Å². The van der Waals surface area contributed by atoms with E-state index in [0.29, 0.717) is 11.5 Å². The molecule has 2 N–H and O–H groups in total. The molecule has 33 heavy (non-hydrogen) atoms. The van der Waals surface area contributed by atoms with E-state index in [4.69, 9.17) is 16.8 Å². The maximum atomic E-state index is 13.2. The molecular formula is C27H38N2O4. The van der Waals surface area contributed by atoms with E-state index >= 15 is 0 Å². The third kappa shape index (κ3) is 7.21. The van der Waals surface area contributed by atoms with Gasteiger partial charge < -0.3 is 15.0 Å². The Morgan fingerprint density at radius 2 is 2.00 bits per heavy atom. The van der Waals surface area contributed by atoms with Gasteiger partial charge in [0.2, 0.25) is 5.91 Å². The topological polar surface area (TPSA) is 71.0 Å². The van der Waals surface area contributed by atoms with Gasteiger partial charge in [-0.3, -0.25) is 10.1 Å². The van der Waals surface area contributed by atoms with Gasteiger partial charge in [-0.05, 0) is 61.7 Å². The molecule has 6 heteroatoms. The molecule has 0 radical (unpaired) electrons. The largest absolute Gasteiger partial charge is 0.493 e. The SMILES string of the molecule is [2H]C([2H])([2H])C([2H])([2H])Oc1cc(CC(=O)N[C@@H](CC(C)C)c2ccccc2N2CCCCC2)ccc1COO. The summed E-state index contributed by atoms with van der Waals surface area (Å²) in [6.07, 6.45) is 4.27. The van der Waals surface area contributed by atoms with E-state index in [1.807, 2.05) is 12.1 Å². The van der Waals surface area contributed by atoms with Crippen molar-refractivity contribution < 1.29 is 26.5 Å². The van der Waals surface area contributed by atoms with Gasteiger partial charge in [-0.25, -0.2) is 4.89 Å². The molecule has 1 aliphatic heterocycles. The van der Waals surface area contributed by atoms with Crippen molar-refractivity contribution in [2.75, 3.05) is 24.5 Å². The second-order valence-corrected chi connectivity index (χ2v) is 8.95. The molecular weight excluding hydrogens is 416 g/mol. The standard InChI is InChI=1S/C27H38N2O4/c1-4-32-26-17-21(12-13-22(26)19-33-31)18-27(30)28-24(16-20(2)3)23-10-6-7-11-25(23)29-14-8-5-9-15-29/h6-7,10-13,17,20,24,31H,4-5,8-9,14-16,18-19H2,1-3H3,(H,28,30)/t24-/m0/s1/i1D3,4D2. The first-order valence-corrected chi connectivity index (χ1v) is 11.6. The summed E-state index contributed by atoms with van der Waals surface area (Å²) in [4.78, 5) is 19.8. The highest BCUT2D eigenvalue weighted by molar-refractivity contribution is 5.79. The van der Waals surface area contributed by atoms with Gasteiger partial charge in [-0.1, -0.05) is 44.2 Å². The molecule has 6 nitrogen and oxygen atoms in total. The van der Waals surface area contributed by atoms with Gasteiger partial charge in [0.25, 0.3) is 0 Å². The minimum absolute atomic E-state index is 0.0200. The summed E-state index contributed by atoms with van der Waals surface area (Å²) >= 11 is 0. The van der Waals surface area contributed by atoms with Crippen molar-refractivity contribution in [2.45, 2.75) is 65.5 Å². The van der Waals surface area contributed by atoms with Crippen LogP contribution in [0.1, 0.15) is 76.0 Å². The lowest BCUT2D eigenvalue weighted by molar-refractivity contribution is -0.253. The number of carbonyl (C=O) groups is 1. The second kappa shape index (κ2) is 12.6. The number of hydrogen-bond acceptors (Lipinski definition) is 5. The highest BCUT2D eigenvalue weighted by Gasteiger charge is 2.22. The molecule has 1 atom stereocenters. The van der Waals surface area contributed by atoms with Crippen LogP contribution in [0.2, 0.25) is 0 Å². The summed E-state index contributed by atoms with van der Waals surface area (Å²) in [6.45, 7) is -0.114. The Balaban J connectivity index is 1.82. The third-order valence-electron chi connectivity index (χ3n) is 5.93. The molecule has 2 aromatic rings. The lowest BCUT2D eigenvalue weighted by Crippen LogP contribution is -2.34. The van der Waals surface area contributed by atoms with Gasteiger partial charge in [0, 0.05) is 28.5 Å². The number of amides is 1. The highest BCUT2D eigenvalue weighted by Crippen LogP contribution is 2.32. The van der Waals surface area contributed by atoms with E-state index in [1.54, 1.807) is 6.07 Å². The second-order valence-electron chi connectivity index (χ2n) is 8.95. The molecule has 180 valence electrons. The highest BCUT2D eigenvalue weighted by atomic mass is 17.1. The number of carbonyl (C=O) groups excluding carboxylic acids is 1. The number of piperidine rings is 1. The molecule has 1 saturated heterocycles. The Labute approximate surface area is 204 Å². The summed E-state index contributed by atoms with van der Waals surface area (Å²) in [5.41, 5.74) is 2.99. The van der Waals surface area contributed by atoms with Crippen LogP contribution >= 0.6 is 0 Å². The fraction of sp³-hybridized carbons (Fsp3) is 0.519. The van der Waals surface area contributed by atoms with Crippen LogP contribution in [-0.4, -0.2) is 30.8 Å². The minimum atomic E-state index is -3.04. The number of anilines is 1. The van der Waals surface area contributed by atoms with Crippen LogP contribution in [0.3, 0.4) is 0 Å². The quantitative estimate of drug-likeness (QED) is 0.342. The van der Waals surface area contributed by atoms with E-state index in [0.717, 1.165) is 43.6 Å². The average molecular weight is 460 g/mol. The molecule has 0 unspecified atom stereocenters. The van der Waals surface area contributed by atoms with E-state index in [9.17, 15) is 4.79 Å². The molecule has 2 aromatic carbocycles. The summed E-state index contributed by atoms with van der Waals surface area (Å²) in [5.74, 6) is 0.00859. The molecule has 1 heterocycles. The number of nitrogens with zero attached hydrogens (tertiary/aromatic N) is 1. The maximum Gasteiger partial charge on any atom is 0.224 e. The van der Waals surface area contributed by atoms with E-state index < -0.39 is 13.4 Å². The van der Waals surface area contributed by atoms with Gasteiger partial charge >= 0.3 is 0 Å². The molecule has 0 saturated carbocycles. The van der Waals surface area contributed by atoms with Crippen LogP contribution in [0.25, 0.3) is 0 Å². The molecule has 0 aliphatic carbocycles. The number of rotatable bonds is 11. The Hall–Kier alpha value is -2.57. The summed E-state index contributed by atoms with van der Waals surface area (Å²) in [6, 6.07) is 12.6. The number of hydrogen-bond donors (Lipinski definition) is 2. The summed E-state index contributed by atoms with van der Waals surface area (Å²) in [7, 11) is 0. The lowest BCUT2D eigenvalue weighted by atomic mass is 9.94. The molecule has 0 bridgehead atoms. The van der Waals surface area contributed by atoms with E-state index in [1.165, 1.54) is 18.6 Å². The number of benzene rings is 2. The fourth-order valence-electron chi connectivity index (χ4n) is 4.42. The minimum Gasteiger partial charge on any atom is -0.493 e. The monoisotopic (exact) mass is 459 g/mol. The first-order valence-electron chi connectivity index (χ1n) is 14.1. The van der Waals surface area contributed by atoms with Gasteiger partial charge in [0.1, 0.15) is 12.4 Å². The number of para-hydroxylation sites is 1. The molecule has 1 aliphatic rings. The van der Waals surface area contributed by atoms with Gasteiger partial charge in [0.05, 0.1) is 21.8 Å². The van der Waals surface area contributed by atoms with Crippen LogP contribution in [0.5, 0.6) is 5.75 Å². The van der Waals surface area contributed by atoms with Crippen LogP contribution in [0.15, 0.2) is 42.5 Å². The normalized spacial score (nSPS) is 17.9. The maximum absolute atomic E-state index is 13.2. The smallest absolute Gasteiger partial charge is 0.224 e. The first-order chi connectivity index (χ1) is 17.9. The zero-order chi connectivity index (χ0) is 27.9. The van der Waals surface area contributed by atoms with E-state index in [-0.39, 0.29) is 36.3 Å². The van der Waals surface area contributed by atoms with Crippen LogP contribution in [0, 0.1) is 5.92 Å². The van der Waals surface area contributed by atoms with Gasteiger partial charge in [-0.2, -0.15) is 0 Å². The first kappa shape index (κ1) is 18.8. The summed E-state index contributed by atoms with van der Waals surface area (Å²) in [5, 5.41) is 12.1. The van der Waals surface area contributed by atoms with Crippen molar-refractivity contribution in [3.63, 3.8) is 0 Å². The Kier molecular flexibility index (Phi) is 7.19. The number of ether oxygens (including phenoxy) is 1. The molecule has 0 aromatic heterocycles. The molecule has 1 fully saturated rings. The van der Waals surface area contributed by atoms with Crippen molar-refractivity contribution in [3.8, 4) is 5.75 Å². The predicted octanol–water partition coefficient (Wildman–Crippen LogP) is 5.51. The van der Waals surface area contributed by atoms with Crippen LogP contribution in [-0.2, 0) is 22.7 Å². The molecule has 1 amide bonds. The fourth-order valence-corrected chi connectivity index (χ4v) is 4.42.